The maximum Gasteiger partial charge on any atom is 0.161 e. The maximum absolute atomic E-state index is 9.67. The van der Waals surface area contributed by atoms with E-state index < -0.39 is 0 Å². The van der Waals surface area contributed by atoms with Gasteiger partial charge in [-0.25, -0.2) is 0 Å². The molecule has 0 unspecified atom stereocenters. The van der Waals surface area contributed by atoms with E-state index in [9.17, 15) is 10.2 Å². The molecule has 20 heavy (non-hydrogen) atoms. The molecule has 0 saturated carbocycles. The number of aromatic nitrogens is 1. The molecule has 0 aliphatic rings. The van der Waals surface area contributed by atoms with Gasteiger partial charge in [-0.3, -0.25) is 0 Å². The van der Waals surface area contributed by atoms with Crippen LogP contribution in [-0.4, -0.2) is 14.8 Å². The van der Waals surface area contributed by atoms with Crippen molar-refractivity contribution < 1.29 is 14.9 Å². The Kier molecular flexibility index (Phi) is 2.99. The molecular formula is C16H15NO3. The minimum absolute atomic E-state index is 0.129. The first-order chi connectivity index (χ1) is 9.65. The molecule has 0 spiro atoms. The number of aromatic hydroxyl groups is 2. The van der Waals surface area contributed by atoms with Gasteiger partial charge < -0.3 is 19.5 Å². The second kappa shape index (κ2) is 4.81. The Labute approximate surface area is 116 Å². The first-order valence-corrected chi connectivity index (χ1v) is 6.33. The summed E-state index contributed by atoms with van der Waals surface area (Å²) in [6.07, 6.45) is 0. The van der Waals surface area contributed by atoms with Crippen molar-refractivity contribution in [2.75, 3.05) is 0 Å². The fraction of sp³-hybridized carbons (Fsp3) is 0.125. The summed E-state index contributed by atoms with van der Waals surface area (Å²) in [6, 6.07) is 14.1. The van der Waals surface area contributed by atoms with Gasteiger partial charge >= 0.3 is 0 Å². The van der Waals surface area contributed by atoms with E-state index in [0.717, 1.165) is 16.6 Å². The summed E-state index contributed by atoms with van der Waals surface area (Å²) in [5, 5.41) is 20.2. The van der Waals surface area contributed by atoms with Crippen LogP contribution in [0.25, 0.3) is 10.9 Å². The van der Waals surface area contributed by atoms with Crippen LogP contribution in [0.2, 0.25) is 0 Å². The maximum atomic E-state index is 9.67. The van der Waals surface area contributed by atoms with E-state index in [2.05, 4.69) is 0 Å². The molecule has 3 rings (SSSR count). The van der Waals surface area contributed by atoms with E-state index in [4.69, 9.17) is 4.74 Å². The summed E-state index contributed by atoms with van der Waals surface area (Å²) in [5.41, 5.74) is 1.91. The quantitative estimate of drug-likeness (QED) is 0.768. The molecule has 0 aliphatic carbocycles. The van der Waals surface area contributed by atoms with E-state index in [-0.39, 0.29) is 11.5 Å². The topological polar surface area (TPSA) is 54.6 Å². The minimum Gasteiger partial charge on any atom is -0.508 e. The molecule has 0 atom stereocenters. The highest BCUT2D eigenvalue weighted by molar-refractivity contribution is 5.82. The summed E-state index contributed by atoms with van der Waals surface area (Å²) < 4.78 is 7.60. The summed E-state index contributed by atoms with van der Waals surface area (Å²) in [5.74, 6) is 0.830. The van der Waals surface area contributed by atoms with Crippen LogP contribution in [0.4, 0.5) is 0 Å². The monoisotopic (exact) mass is 269 g/mol. The molecule has 2 aromatic carbocycles. The Balaban J connectivity index is 1.88. The normalized spacial score (nSPS) is 10.8. The van der Waals surface area contributed by atoms with Gasteiger partial charge in [0.25, 0.3) is 0 Å². The van der Waals surface area contributed by atoms with Gasteiger partial charge in [-0.05, 0) is 30.3 Å². The number of para-hydroxylation sites is 2. The van der Waals surface area contributed by atoms with Gasteiger partial charge in [-0.2, -0.15) is 0 Å². The van der Waals surface area contributed by atoms with Crippen molar-refractivity contribution >= 4 is 10.9 Å². The lowest BCUT2D eigenvalue weighted by Gasteiger charge is -2.08. The van der Waals surface area contributed by atoms with E-state index in [0.29, 0.717) is 12.4 Å². The molecule has 3 aromatic rings. The van der Waals surface area contributed by atoms with Gasteiger partial charge in [-0.1, -0.05) is 12.1 Å². The number of hydrogen-bond donors (Lipinski definition) is 2. The van der Waals surface area contributed by atoms with Crippen LogP contribution in [0.1, 0.15) is 5.69 Å². The van der Waals surface area contributed by atoms with Crippen LogP contribution < -0.4 is 4.74 Å². The van der Waals surface area contributed by atoms with Crippen molar-refractivity contribution in [2.45, 2.75) is 6.61 Å². The predicted molar refractivity (Wildman–Crippen MR) is 77.0 cm³/mol. The Morgan fingerprint density at radius 2 is 1.85 bits per heavy atom. The van der Waals surface area contributed by atoms with Crippen LogP contribution in [0.15, 0.2) is 48.5 Å². The molecule has 2 N–H and O–H groups in total. The highest BCUT2D eigenvalue weighted by atomic mass is 16.5. The van der Waals surface area contributed by atoms with Crippen molar-refractivity contribution in [1.82, 2.24) is 4.57 Å². The molecule has 0 amide bonds. The van der Waals surface area contributed by atoms with Gasteiger partial charge in [0, 0.05) is 18.5 Å². The predicted octanol–water partition coefficient (Wildman–Crippen LogP) is 3.17. The standard InChI is InChI=1S/C16H15NO3/c1-17-12(8-11-6-7-13(18)9-14(11)17)10-20-16-5-3-2-4-15(16)19/h2-9,18-19H,10H2,1H3. The fourth-order valence-corrected chi connectivity index (χ4v) is 2.25. The zero-order valence-corrected chi connectivity index (χ0v) is 11.1. The lowest BCUT2D eigenvalue weighted by atomic mass is 10.2. The van der Waals surface area contributed by atoms with Crippen LogP contribution >= 0.6 is 0 Å². The number of aryl methyl sites for hydroxylation is 1. The summed E-state index contributed by atoms with van der Waals surface area (Å²) in [7, 11) is 1.92. The number of phenols is 2. The van der Waals surface area contributed by atoms with Crippen LogP contribution in [0.3, 0.4) is 0 Å². The first kappa shape index (κ1) is 12.4. The van der Waals surface area contributed by atoms with Gasteiger partial charge in [0.05, 0.1) is 11.2 Å². The van der Waals surface area contributed by atoms with E-state index in [1.54, 1.807) is 30.3 Å². The SMILES string of the molecule is Cn1c(COc2ccccc2O)cc2ccc(O)cc21. The smallest absolute Gasteiger partial charge is 0.161 e. The van der Waals surface area contributed by atoms with Crippen molar-refractivity contribution in [1.29, 1.82) is 0 Å². The van der Waals surface area contributed by atoms with Gasteiger partial charge in [0.1, 0.15) is 12.4 Å². The van der Waals surface area contributed by atoms with E-state index >= 15 is 0 Å². The van der Waals surface area contributed by atoms with Crippen molar-refractivity contribution in [3.63, 3.8) is 0 Å². The van der Waals surface area contributed by atoms with Gasteiger partial charge in [0.15, 0.2) is 11.5 Å². The average molecular weight is 269 g/mol. The lowest BCUT2D eigenvalue weighted by Crippen LogP contribution is -2.01. The average Bonchev–Trinajstić information content (AvgIpc) is 2.75. The molecule has 1 heterocycles. The van der Waals surface area contributed by atoms with Crippen LogP contribution in [0, 0.1) is 0 Å². The van der Waals surface area contributed by atoms with Crippen molar-refractivity contribution in [2.24, 2.45) is 7.05 Å². The third-order valence-electron chi connectivity index (χ3n) is 3.37. The third-order valence-corrected chi connectivity index (χ3v) is 3.37. The van der Waals surface area contributed by atoms with Crippen LogP contribution in [0.5, 0.6) is 17.2 Å². The second-order valence-electron chi connectivity index (χ2n) is 4.69. The summed E-state index contributed by atoms with van der Waals surface area (Å²) in [4.78, 5) is 0. The number of hydrogen-bond acceptors (Lipinski definition) is 3. The first-order valence-electron chi connectivity index (χ1n) is 6.33. The molecule has 4 heteroatoms. The Morgan fingerprint density at radius 1 is 1.05 bits per heavy atom. The van der Waals surface area contributed by atoms with Crippen LogP contribution in [-0.2, 0) is 13.7 Å². The summed E-state index contributed by atoms with van der Waals surface area (Å²) >= 11 is 0. The second-order valence-corrected chi connectivity index (χ2v) is 4.69. The minimum atomic E-state index is 0.129. The Morgan fingerprint density at radius 3 is 2.65 bits per heavy atom. The highest BCUT2D eigenvalue weighted by Crippen LogP contribution is 2.27. The molecule has 1 aromatic heterocycles. The largest absolute Gasteiger partial charge is 0.508 e. The Bertz CT molecular complexity index is 762. The van der Waals surface area contributed by atoms with Crippen molar-refractivity contribution in [3.05, 3.63) is 54.2 Å². The van der Waals surface area contributed by atoms with Gasteiger partial charge in [-0.15, -0.1) is 0 Å². The van der Waals surface area contributed by atoms with Crippen molar-refractivity contribution in [3.8, 4) is 17.2 Å². The molecule has 4 nitrogen and oxygen atoms in total. The number of nitrogens with zero attached hydrogens (tertiary/aromatic N) is 1. The summed E-state index contributed by atoms with van der Waals surface area (Å²) in [6.45, 7) is 0.351. The zero-order chi connectivity index (χ0) is 14.1. The van der Waals surface area contributed by atoms with E-state index in [1.165, 1.54) is 0 Å². The number of rotatable bonds is 3. The lowest BCUT2D eigenvalue weighted by molar-refractivity contribution is 0.282. The molecule has 0 aliphatic heterocycles. The molecule has 0 fully saturated rings. The number of benzene rings is 2. The number of fused-ring (bicyclic) bond motifs is 1. The Hall–Kier alpha value is -2.62. The van der Waals surface area contributed by atoms with Gasteiger partial charge in [0.2, 0.25) is 0 Å². The van der Waals surface area contributed by atoms with E-state index in [1.807, 2.05) is 29.8 Å². The fourth-order valence-electron chi connectivity index (χ4n) is 2.25. The third kappa shape index (κ3) is 2.16. The molecule has 0 saturated heterocycles. The molecule has 0 bridgehead atoms. The highest BCUT2D eigenvalue weighted by Gasteiger charge is 2.08. The molecular weight excluding hydrogens is 254 g/mol. The number of ether oxygens (including phenoxy) is 1. The number of phenolic OH excluding ortho intramolecular Hbond substituents is 2. The zero-order valence-electron chi connectivity index (χ0n) is 11.1. The molecule has 102 valence electrons. The molecule has 0 radical (unpaired) electrons.